The number of hydrogen-bond acceptors (Lipinski definition) is 4. The first-order valence-electron chi connectivity index (χ1n) is 7.72. The molecule has 5 nitrogen and oxygen atoms in total. The lowest BCUT2D eigenvalue weighted by atomic mass is 10.1. The largest absolute Gasteiger partial charge is 0.334 e. The molecular weight excluding hydrogens is 264 g/mol. The van der Waals surface area contributed by atoms with Gasteiger partial charge in [-0.15, -0.1) is 0 Å². The van der Waals surface area contributed by atoms with Crippen LogP contribution in [0.2, 0.25) is 0 Å². The Morgan fingerprint density at radius 2 is 2.05 bits per heavy atom. The molecule has 1 aromatic heterocycles. The Bertz CT molecular complexity index is 469. The highest BCUT2D eigenvalue weighted by atomic mass is 16.2. The molecule has 1 amide bonds. The fourth-order valence-corrected chi connectivity index (χ4v) is 2.86. The molecule has 0 saturated heterocycles. The molecule has 1 saturated carbocycles. The van der Waals surface area contributed by atoms with E-state index >= 15 is 0 Å². The Morgan fingerprint density at radius 3 is 2.67 bits per heavy atom. The molecule has 0 aromatic carbocycles. The zero-order valence-electron chi connectivity index (χ0n) is 13.1. The Kier molecular flexibility index (Phi) is 5.70. The summed E-state index contributed by atoms with van der Waals surface area (Å²) in [5, 5.41) is 0. The lowest BCUT2D eigenvalue weighted by Gasteiger charge is -2.30. The van der Waals surface area contributed by atoms with Gasteiger partial charge in [-0.2, -0.15) is 0 Å². The first-order valence-corrected chi connectivity index (χ1v) is 7.72. The first-order chi connectivity index (χ1) is 10.1. The molecule has 1 aliphatic rings. The molecule has 1 aliphatic carbocycles. The second-order valence-electron chi connectivity index (χ2n) is 5.98. The second-order valence-corrected chi connectivity index (χ2v) is 5.98. The van der Waals surface area contributed by atoms with Gasteiger partial charge in [0.2, 0.25) is 0 Å². The van der Waals surface area contributed by atoms with Gasteiger partial charge < -0.3 is 15.5 Å². The Hall–Kier alpha value is -1.46. The molecule has 1 fully saturated rings. The van der Waals surface area contributed by atoms with Crippen molar-refractivity contribution in [1.82, 2.24) is 14.8 Å². The third-order valence-corrected chi connectivity index (χ3v) is 4.09. The van der Waals surface area contributed by atoms with Gasteiger partial charge in [-0.1, -0.05) is 12.8 Å². The molecule has 116 valence electrons. The van der Waals surface area contributed by atoms with Gasteiger partial charge in [0, 0.05) is 37.4 Å². The zero-order chi connectivity index (χ0) is 15.2. The molecule has 2 N–H and O–H groups in total. The van der Waals surface area contributed by atoms with Crippen LogP contribution in [0.5, 0.6) is 0 Å². The maximum atomic E-state index is 12.9. The standard InChI is InChI=1S/C16H26N4O/c1-19(2)9-10-20(15-5-3-4-6-15)16(21)13-7-8-18-14(11-13)12-17/h7-8,11,15H,3-6,9-10,12,17H2,1-2H3. The van der Waals surface area contributed by atoms with E-state index in [0.29, 0.717) is 18.2 Å². The number of pyridine rings is 1. The van der Waals surface area contributed by atoms with Crippen molar-refractivity contribution >= 4 is 5.91 Å². The third kappa shape index (κ3) is 4.25. The van der Waals surface area contributed by atoms with E-state index in [1.165, 1.54) is 12.8 Å². The SMILES string of the molecule is CN(C)CCN(C(=O)c1ccnc(CN)c1)C1CCCC1. The van der Waals surface area contributed by atoms with Crippen LogP contribution >= 0.6 is 0 Å². The summed E-state index contributed by atoms with van der Waals surface area (Å²) >= 11 is 0. The van der Waals surface area contributed by atoms with Crippen molar-refractivity contribution in [1.29, 1.82) is 0 Å². The van der Waals surface area contributed by atoms with Gasteiger partial charge in [-0.3, -0.25) is 9.78 Å². The van der Waals surface area contributed by atoms with E-state index < -0.39 is 0 Å². The quantitative estimate of drug-likeness (QED) is 0.862. The van der Waals surface area contributed by atoms with E-state index in [1.54, 1.807) is 12.3 Å². The average Bonchev–Trinajstić information content (AvgIpc) is 3.01. The fourth-order valence-electron chi connectivity index (χ4n) is 2.86. The summed E-state index contributed by atoms with van der Waals surface area (Å²) in [6.45, 7) is 2.02. The molecule has 0 unspecified atom stereocenters. The zero-order valence-corrected chi connectivity index (χ0v) is 13.1. The summed E-state index contributed by atoms with van der Waals surface area (Å²) in [6, 6.07) is 3.99. The molecule has 0 atom stereocenters. The minimum absolute atomic E-state index is 0.112. The van der Waals surface area contributed by atoms with Gasteiger partial charge in [0.1, 0.15) is 0 Å². The maximum Gasteiger partial charge on any atom is 0.254 e. The molecule has 1 heterocycles. The predicted octanol–water partition coefficient (Wildman–Crippen LogP) is 1.49. The number of aromatic nitrogens is 1. The van der Waals surface area contributed by atoms with Crippen molar-refractivity contribution in [2.24, 2.45) is 5.73 Å². The van der Waals surface area contributed by atoms with Gasteiger partial charge in [-0.05, 0) is 39.1 Å². The molecule has 1 aromatic rings. The highest BCUT2D eigenvalue weighted by molar-refractivity contribution is 5.94. The lowest BCUT2D eigenvalue weighted by Crippen LogP contribution is -2.42. The minimum atomic E-state index is 0.112. The molecular formula is C16H26N4O. The van der Waals surface area contributed by atoms with Crippen LogP contribution in [0, 0.1) is 0 Å². The van der Waals surface area contributed by atoms with Crippen LogP contribution in [0.4, 0.5) is 0 Å². The number of likely N-dealkylation sites (N-methyl/N-ethyl adjacent to an activating group) is 1. The molecule has 0 bridgehead atoms. The van der Waals surface area contributed by atoms with Crippen LogP contribution in [0.15, 0.2) is 18.3 Å². The lowest BCUT2D eigenvalue weighted by molar-refractivity contribution is 0.0667. The minimum Gasteiger partial charge on any atom is -0.334 e. The van der Waals surface area contributed by atoms with Gasteiger partial charge in [0.25, 0.3) is 5.91 Å². The van der Waals surface area contributed by atoms with Crippen molar-refractivity contribution in [3.8, 4) is 0 Å². The third-order valence-electron chi connectivity index (χ3n) is 4.09. The van der Waals surface area contributed by atoms with Crippen LogP contribution in [-0.2, 0) is 6.54 Å². The summed E-state index contributed by atoms with van der Waals surface area (Å²) in [5.41, 5.74) is 7.09. The van der Waals surface area contributed by atoms with Crippen LogP contribution in [0.1, 0.15) is 41.7 Å². The van der Waals surface area contributed by atoms with Crippen molar-refractivity contribution < 1.29 is 4.79 Å². The van der Waals surface area contributed by atoms with Crippen molar-refractivity contribution in [2.45, 2.75) is 38.3 Å². The normalized spacial score (nSPS) is 15.6. The summed E-state index contributed by atoms with van der Waals surface area (Å²) in [6.07, 6.45) is 6.36. The van der Waals surface area contributed by atoms with E-state index in [1.807, 2.05) is 25.1 Å². The van der Waals surface area contributed by atoms with Crippen LogP contribution in [0.25, 0.3) is 0 Å². The van der Waals surface area contributed by atoms with E-state index in [0.717, 1.165) is 31.6 Å². The molecule has 0 radical (unpaired) electrons. The highest BCUT2D eigenvalue weighted by Gasteiger charge is 2.27. The first kappa shape index (κ1) is 15.9. The predicted molar refractivity (Wildman–Crippen MR) is 84.0 cm³/mol. The summed E-state index contributed by atoms with van der Waals surface area (Å²) in [4.78, 5) is 21.2. The van der Waals surface area contributed by atoms with E-state index in [9.17, 15) is 4.79 Å². The van der Waals surface area contributed by atoms with Crippen molar-refractivity contribution in [3.05, 3.63) is 29.6 Å². The molecule has 0 spiro atoms. The Balaban J connectivity index is 2.15. The van der Waals surface area contributed by atoms with Gasteiger partial charge in [-0.25, -0.2) is 0 Å². The monoisotopic (exact) mass is 290 g/mol. The van der Waals surface area contributed by atoms with Crippen LogP contribution in [0.3, 0.4) is 0 Å². The summed E-state index contributed by atoms with van der Waals surface area (Å²) in [5.74, 6) is 0.112. The smallest absolute Gasteiger partial charge is 0.254 e. The molecule has 0 aliphatic heterocycles. The topological polar surface area (TPSA) is 62.5 Å². The maximum absolute atomic E-state index is 12.9. The van der Waals surface area contributed by atoms with E-state index in [4.69, 9.17) is 5.73 Å². The van der Waals surface area contributed by atoms with E-state index in [2.05, 4.69) is 9.88 Å². The molecule has 21 heavy (non-hydrogen) atoms. The number of nitrogens with two attached hydrogens (primary N) is 1. The van der Waals surface area contributed by atoms with E-state index in [-0.39, 0.29) is 5.91 Å². The Morgan fingerprint density at radius 1 is 1.33 bits per heavy atom. The second kappa shape index (κ2) is 7.52. The molecule has 5 heteroatoms. The van der Waals surface area contributed by atoms with Crippen molar-refractivity contribution in [3.63, 3.8) is 0 Å². The van der Waals surface area contributed by atoms with Crippen LogP contribution < -0.4 is 5.73 Å². The number of carbonyl (C=O) groups is 1. The highest BCUT2D eigenvalue weighted by Crippen LogP contribution is 2.24. The molecule has 2 rings (SSSR count). The number of amides is 1. The Labute approximate surface area is 127 Å². The fraction of sp³-hybridized carbons (Fsp3) is 0.625. The summed E-state index contributed by atoms with van der Waals surface area (Å²) in [7, 11) is 4.08. The van der Waals surface area contributed by atoms with Crippen LogP contribution in [-0.4, -0.2) is 53.9 Å². The summed E-state index contributed by atoms with van der Waals surface area (Å²) < 4.78 is 0. The van der Waals surface area contributed by atoms with Gasteiger partial charge in [0.05, 0.1) is 5.69 Å². The number of rotatable bonds is 6. The number of carbonyl (C=O) groups excluding carboxylic acids is 1. The van der Waals surface area contributed by atoms with Crippen molar-refractivity contribution in [2.75, 3.05) is 27.2 Å². The average molecular weight is 290 g/mol. The number of hydrogen-bond donors (Lipinski definition) is 1. The van der Waals surface area contributed by atoms with Gasteiger partial charge in [0.15, 0.2) is 0 Å². The number of nitrogens with zero attached hydrogens (tertiary/aromatic N) is 3. The van der Waals surface area contributed by atoms with Gasteiger partial charge >= 0.3 is 0 Å².